The van der Waals surface area contributed by atoms with Crippen molar-refractivity contribution < 1.29 is 23.5 Å². The van der Waals surface area contributed by atoms with Crippen LogP contribution in [0.1, 0.15) is 20.8 Å². The SMILES string of the molecule is O=C(OCOC(=O)c1cc2occc2[nH]1)c1ccccc1. The summed E-state index contributed by atoms with van der Waals surface area (Å²) < 4.78 is 14.8. The molecule has 106 valence electrons. The van der Waals surface area contributed by atoms with Gasteiger partial charge in [-0.25, -0.2) is 9.59 Å². The zero-order valence-electron chi connectivity index (χ0n) is 10.9. The molecule has 0 fully saturated rings. The van der Waals surface area contributed by atoms with Crippen molar-refractivity contribution in [1.29, 1.82) is 0 Å². The average molecular weight is 285 g/mol. The van der Waals surface area contributed by atoms with E-state index in [-0.39, 0.29) is 5.69 Å². The predicted octanol–water partition coefficient (Wildman–Crippen LogP) is 2.73. The van der Waals surface area contributed by atoms with Gasteiger partial charge in [-0.15, -0.1) is 0 Å². The van der Waals surface area contributed by atoms with Gasteiger partial charge in [0.15, 0.2) is 5.58 Å². The molecule has 6 nitrogen and oxygen atoms in total. The van der Waals surface area contributed by atoms with Gasteiger partial charge in [0.25, 0.3) is 0 Å². The van der Waals surface area contributed by atoms with E-state index in [4.69, 9.17) is 13.9 Å². The van der Waals surface area contributed by atoms with Gasteiger partial charge in [0.05, 0.1) is 17.3 Å². The van der Waals surface area contributed by atoms with Crippen LogP contribution in [-0.4, -0.2) is 23.7 Å². The molecule has 0 saturated heterocycles. The van der Waals surface area contributed by atoms with Gasteiger partial charge in [-0.3, -0.25) is 0 Å². The molecule has 0 aliphatic carbocycles. The summed E-state index contributed by atoms with van der Waals surface area (Å²) in [5.74, 6) is -1.18. The number of aromatic amines is 1. The molecule has 0 saturated carbocycles. The number of carbonyl (C=O) groups is 2. The summed E-state index contributed by atoms with van der Waals surface area (Å²) in [6.07, 6.45) is 1.51. The van der Waals surface area contributed by atoms with Crippen LogP contribution in [-0.2, 0) is 9.47 Å². The van der Waals surface area contributed by atoms with E-state index in [1.165, 1.54) is 12.3 Å². The van der Waals surface area contributed by atoms with Gasteiger partial charge in [-0.05, 0) is 12.1 Å². The Balaban J connectivity index is 1.54. The molecule has 0 aliphatic rings. The lowest BCUT2D eigenvalue weighted by Gasteiger charge is -2.05. The average Bonchev–Trinajstić information content (AvgIpc) is 3.09. The molecule has 0 aliphatic heterocycles. The first-order chi connectivity index (χ1) is 10.2. The molecule has 3 aromatic rings. The standard InChI is InChI=1S/C15H11NO5/c17-14(10-4-2-1-3-5-10)20-9-21-15(18)12-8-13-11(16-12)6-7-19-13/h1-8,16H,9H2. The van der Waals surface area contributed by atoms with Crippen molar-refractivity contribution in [3.8, 4) is 0 Å². The molecule has 1 N–H and O–H groups in total. The van der Waals surface area contributed by atoms with Crippen LogP contribution < -0.4 is 0 Å². The summed E-state index contributed by atoms with van der Waals surface area (Å²) in [6, 6.07) is 11.7. The van der Waals surface area contributed by atoms with E-state index in [1.54, 1.807) is 36.4 Å². The molecule has 0 radical (unpaired) electrons. The minimum absolute atomic E-state index is 0.236. The van der Waals surface area contributed by atoms with Crippen molar-refractivity contribution >= 4 is 23.0 Å². The Kier molecular flexibility index (Phi) is 3.42. The molecule has 3 rings (SSSR count). The van der Waals surface area contributed by atoms with Crippen LogP contribution >= 0.6 is 0 Å². The van der Waals surface area contributed by atoms with Crippen molar-refractivity contribution in [3.05, 3.63) is 60.0 Å². The van der Waals surface area contributed by atoms with Gasteiger partial charge < -0.3 is 18.9 Å². The van der Waals surface area contributed by atoms with Crippen molar-refractivity contribution in [2.24, 2.45) is 0 Å². The Morgan fingerprint density at radius 3 is 2.57 bits per heavy atom. The third kappa shape index (κ3) is 2.79. The van der Waals surface area contributed by atoms with Crippen LogP contribution in [0.2, 0.25) is 0 Å². The minimum Gasteiger partial charge on any atom is -0.463 e. The van der Waals surface area contributed by atoms with E-state index < -0.39 is 18.7 Å². The first-order valence-corrected chi connectivity index (χ1v) is 6.19. The van der Waals surface area contributed by atoms with E-state index in [0.717, 1.165) is 0 Å². The Bertz CT molecular complexity index is 743. The van der Waals surface area contributed by atoms with Gasteiger partial charge in [-0.2, -0.15) is 0 Å². The number of H-pyrrole nitrogens is 1. The predicted molar refractivity (Wildman–Crippen MR) is 72.7 cm³/mol. The van der Waals surface area contributed by atoms with Crippen molar-refractivity contribution in [2.45, 2.75) is 0 Å². The molecule has 0 atom stereocenters. The summed E-state index contributed by atoms with van der Waals surface area (Å²) >= 11 is 0. The maximum atomic E-state index is 11.7. The summed E-state index contributed by atoms with van der Waals surface area (Å²) in [5, 5.41) is 0. The number of hydrogen-bond donors (Lipinski definition) is 1. The number of nitrogens with one attached hydrogen (secondary N) is 1. The van der Waals surface area contributed by atoms with Crippen LogP contribution in [0.15, 0.2) is 53.1 Å². The van der Waals surface area contributed by atoms with Gasteiger partial charge in [-0.1, -0.05) is 18.2 Å². The molecule has 0 amide bonds. The van der Waals surface area contributed by atoms with Crippen LogP contribution in [0.25, 0.3) is 11.1 Å². The minimum atomic E-state index is -0.623. The number of benzene rings is 1. The summed E-state index contributed by atoms with van der Waals surface area (Å²) in [5.41, 5.74) is 1.89. The Morgan fingerprint density at radius 1 is 1.05 bits per heavy atom. The highest BCUT2D eigenvalue weighted by Crippen LogP contribution is 2.16. The highest BCUT2D eigenvalue weighted by atomic mass is 16.7. The normalized spacial score (nSPS) is 10.5. The molecule has 2 heterocycles. The fourth-order valence-electron chi connectivity index (χ4n) is 1.83. The zero-order chi connectivity index (χ0) is 14.7. The molecule has 21 heavy (non-hydrogen) atoms. The van der Waals surface area contributed by atoms with Crippen LogP contribution in [0.5, 0.6) is 0 Å². The lowest BCUT2D eigenvalue weighted by molar-refractivity contribution is -0.0170. The lowest BCUT2D eigenvalue weighted by atomic mass is 10.2. The van der Waals surface area contributed by atoms with Crippen LogP contribution in [0.4, 0.5) is 0 Å². The second-order valence-corrected chi connectivity index (χ2v) is 4.23. The third-order valence-electron chi connectivity index (χ3n) is 2.85. The van der Waals surface area contributed by atoms with E-state index >= 15 is 0 Å². The van der Waals surface area contributed by atoms with Crippen LogP contribution in [0, 0.1) is 0 Å². The van der Waals surface area contributed by atoms with Crippen molar-refractivity contribution in [3.63, 3.8) is 0 Å². The first kappa shape index (κ1) is 13.0. The number of rotatable bonds is 4. The largest absolute Gasteiger partial charge is 0.463 e. The number of fused-ring (bicyclic) bond motifs is 1. The zero-order valence-corrected chi connectivity index (χ0v) is 10.9. The monoisotopic (exact) mass is 285 g/mol. The number of furan rings is 1. The number of carbonyl (C=O) groups excluding carboxylic acids is 2. The third-order valence-corrected chi connectivity index (χ3v) is 2.85. The topological polar surface area (TPSA) is 81.5 Å². The molecule has 0 spiro atoms. The van der Waals surface area contributed by atoms with Gasteiger partial charge in [0.2, 0.25) is 6.79 Å². The molecule has 1 aromatic carbocycles. The Labute approximate surface area is 119 Å². The van der Waals surface area contributed by atoms with Gasteiger partial charge in [0, 0.05) is 12.1 Å². The number of esters is 2. The molecule has 6 heteroatoms. The van der Waals surface area contributed by atoms with E-state index in [9.17, 15) is 9.59 Å². The molecular formula is C15H11NO5. The van der Waals surface area contributed by atoms with Gasteiger partial charge in [0.1, 0.15) is 5.69 Å². The number of ether oxygens (including phenoxy) is 2. The quantitative estimate of drug-likeness (QED) is 0.588. The highest BCUT2D eigenvalue weighted by Gasteiger charge is 2.13. The maximum absolute atomic E-state index is 11.7. The number of aromatic nitrogens is 1. The van der Waals surface area contributed by atoms with Crippen molar-refractivity contribution in [1.82, 2.24) is 4.98 Å². The second-order valence-electron chi connectivity index (χ2n) is 4.23. The first-order valence-electron chi connectivity index (χ1n) is 6.19. The van der Waals surface area contributed by atoms with E-state index in [0.29, 0.717) is 16.7 Å². The Morgan fingerprint density at radius 2 is 1.81 bits per heavy atom. The highest BCUT2D eigenvalue weighted by molar-refractivity contribution is 5.93. The molecular weight excluding hydrogens is 274 g/mol. The van der Waals surface area contributed by atoms with Gasteiger partial charge >= 0.3 is 11.9 Å². The Hall–Kier alpha value is -3.02. The summed E-state index contributed by atoms with van der Waals surface area (Å²) in [7, 11) is 0. The van der Waals surface area contributed by atoms with E-state index in [2.05, 4.69) is 4.98 Å². The van der Waals surface area contributed by atoms with E-state index in [1.807, 2.05) is 0 Å². The summed E-state index contributed by atoms with van der Waals surface area (Å²) in [4.78, 5) is 26.2. The molecule has 0 unspecified atom stereocenters. The fourth-order valence-corrected chi connectivity index (χ4v) is 1.83. The second kappa shape index (κ2) is 5.54. The molecule has 2 aromatic heterocycles. The lowest BCUT2D eigenvalue weighted by Crippen LogP contribution is -2.13. The number of hydrogen-bond acceptors (Lipinski definition) is 5. The fraction of sp³-hybridized carbons (Fsp3) is 0.0667. The van der Waals surface area contributed by atoms with Crippen molar-refractivity contribution in [2.75, 3.05) is 6.79 Å². The molecule has 0 bridgehead atoms. The maximum Gasteiger partial charge on any atom is 0.357 e. The van der Waals surface area contributed by atoms with Crippen LogP contribution in [0.3, 0.4) is 0 Å². The smallest absolute Gasteiger partial charge is 0.357 e. The summed E-state index contributed by atoms with van der Waals surface area (Å²) in [6.45, 7) is -0.451.